The van der Waals surface area contributed by atoms with Crippen LogP contribution in [-0.4, -0.2) is 97.7 Å². The molecule has 3 aromatic heterocycles. The summed E-state index contributed by atoms with van der Waals surface area (Å²) in [5.41, 5.74) is 7.43. The van der Waals surface area contributed by atoms with Crippen LogP contribution in [0, 0.1) is 11.8 Å². The van der Waals surface area contributed by atoms with Gasteiger partial charge in [-0.25, -0.2) is 19.6 Å². The van der Waals surface area contributed by atoms with E-state index >= 15 is 0 Å². The van der Waals surface area contributed by atoms with E-state index in [0.717, 1.165) is 81.7 Å². The third kappa shape index (κ3) is 8.17. The highest BCUT2D eigenvalue weighted by Gasteiger charge is 2.39. The molecule has 16 heteroatoms. The van der Waals surface area contributed by atoms with E-state index in [9.17, 15) is 19.2 Å². The fourth-order valence-corrected chi connectivity index (χ4v) is 9.56. The first-order valence-corrected chi connectivity index (χ1v) is 22.4. The van der Waals surface area contributed by atoms with Gasteiger partial charge in [0.15, 0.2) is 0 Å². The number of amides is 4. The number of hydrogen-bond acceptors (Lipinski definition) is 9. The Morgan fingerprint density at radius 1 is 0.708 bits per heavy atom. The summed E-state index contributed by atoms with van der Waals surface area (Å²) in [5.74, 6) is 1.55. The van der Waals surface area contributed by atoms with E-state index in [-0.39, 0.29) is 35.7 Å². The van der Waals surface area contributed by atoms with Crippen LogP contribution in [0.5, 0.6) is 5.75 Å². The Kier molecular flexibility index (Phi) is 11.8. The molecule has 4 N–H and O–H groups in total. The highest BCUT2D eigenvalue weighted by Crippen LogP contribution is 2.46. The Bertz CT molecular complexity index is 2740. The van der Waals surface area contributed by atoms with Crippen LogP contribution in [-0.2, 0) is 19.1 Å². The molecular weight excluding hydrogens is 827 g/mol. The zero-order valence-corrected chi connectivity index (χ0v) is 37.5. The minimum absolute atomic E-state index is 0.128. The Labute approximate surface area is 377 Å². The second-order valence-electron chi connectivity index (χ2n) is 17.7. The van der Waals surface area contributed by atoms with Crippen molar-refractivity contribution in [2.24, 2.45) is 11.8 Å². The number of likely N-dealkylation sites (tertiary alicyclic amines) is 2. The van der Waals surface area contributed by atoms with E-state index < -0.39 is 30.5 Å². The Morgan fingerprint density at radius 2 is 1.25 bits per heavy atom. The summed E-state index contributed by atoms with van der Waals surface area (Å²) < 4.78 is 18.8. The van der Waals surface area contributed by atoms with Crippen LogP contribution in [0.4, 0.5) is 9.59 Å². The number of carbonyl (C=O) groups excluding carboxylic acids is 4. The molecule has 65 heavy (non-hydrogen) atoms. The van der Waals surface area contributed by atoms with E-state index in [2.05, 4.69) is 73.7 Å². The average Bonchev–Trinajstić information content (AvgIpc) is 4.18. The summed E-state index contributed by atoms with van der Waals surface area (Å²) in [6, 6.07) is 22.9. The fraction of sp³-hybridized carbons (Fsp3) is 0.388. The van der Waals surface area contributed by atoms with Gasteiger partial charge in [0.2, 0.25) is 18.0 Å². The SMILES string of the molecule is COC(=O)N[C@H](C(=O)N1CCC[C@@H]1c1ncc(-c2ccc3c(c2)OC(c2ccccc2)n2c-3cc3cc(-c4cnc([C@H]5CCCN5C(=O)[C@@H](NC(=O)OC)C(C)C)[nH]4)ccc32)[nH]1)C(C)C. The number of methoxy groups -OCH3 is 2. The molecule has 2 saturated heterocycles. The molecule has 6 heterocycles. The lowest BCUT2D eigenvalue weighted by Crippen LogP contribution is -2.51. The molecule has 0 bridgehead atoms. The number of nitrogens with one attached hydrogen (secondary N) is 4. The number of benzene rings is 3. The van der Waals surface area contributed by atoms with Crippen molar-refractivity contribution in [3.63, 3.8) is 0 Å². The summed E-state index contributed by atoms with van der Waals surface area (Å²) >= 11 is 0. The average molecular weight is 882 g/mol. The molecule has 0 radical (unpaired) electrons. The van der Waals surface area contributed by atoms with Crippen molar-refractivity contribution in [3.05, 3.63) is 102 Å². The third-order valence-electron chi connectivity index (χ3n) is 13.0. The predicted molar refractivity (Wildman–Crippen MR) is 243 cm³/mol. The molecule has 0 saturated carbocycles. The number of fused-ring (bicyclic) bond motifs is 5. The van der Waals surface area contributed by atoms with Crippen LogP contribution in [0.2, 0.25) is 0 Å². The van der Waals surface area contributed by atoms with Crippen molar-refractivity contribution in [1.29, 1.82) is 0 Å². The van der Waals surface area contributed by atoms with Gasteiger partial charge >= 0.3 is 12.2 Å². The number of carbonyl (C=O) groups is 4. The summed E-state index contributed by atoms with van der Waals surface area (Å²) in [6.07, 6.45) is 5.05. The second kappa shape index (κ2) is 17.8. The van der Waals surface area contributed by atoms with Crippen LogP contribution in [0.1, 0.15) is 88.9 Å². The quantitative estimate of drug-likeness (QED) is 0.0997. The van der Waals surface area contributed by atoms with Gasteiger partial charge in [-0.1, -0.05) is 70.2 Å². The van der Waals surface area contributed by atoms with Crippen LogP contribution in [0.15, 0.2) is 85.2 Å². The highest BCUT2D eigenvalue weighted by molar-refractivity contribution is 5.93. The molecule has 16 nitrogen and oxygen atoms in total. The van der Waals surface area contributed by atoms with Crippen molar-refractivity contribution < 1.29 is 33.4 Å². The van der Waals surface area contributed by atoms with Crippen molar-refractivity contribution in [1.82, 2.24) is 44.9 Å². The molecule has 3 aromatic carbocycles. The van der Waals surface area contributed by atoms with Gasteiger partial charge in [0.25, 0.3) is 0 Å². The van der Waals surface area contributed by atoms with Crippen LogP contribution in [0.25, 0.3) is 44.7 Å². The molecule has 1 unspecified atom stereocenters. The summed E-state index contributed by atoms with van der Waals surface area (Å²) in [5, 5.41) is 6.46. The van der Waals surface area contributed by atoms with E-state index in [1.807, 2.05) is 68.0 Å². The highest BCUT2D eigenvalue weighted by atomic mass is 16.5. The largest absolute Gasteiger partial charge is 0.465 e. The third-order valence-corrected chi connectivity index (χ3v) is 13.0. The maximum Gasteiger partial charge on any atom is 0.407 e. The smallest absolute Gasteiger partial charge is 0.407 e. The Hall–Kier alpha value is -7.10. The molecule has 9 rings (SSSR count). The van der Waals surface area contributed by atoms with Crippen LogP contribution >= 0.6 is 0 Å². The van der Waals surface area contributed by atoms with Gasteiger partial charge in [-0.3, -0.25) is 9.59 Å². The lowest BCUT2D eigenvalue weighted by Gasteiger charge is -2.30. The molecule has 6 aromatic rings. The lowest BCUT2D eigenvalue weighted by molar-refractivity contribution is -0.136. The van der Waals surface area contributed by atoms with E-state index in [1.54, 1.807) is 6.20 Å². The maximum absolute atomic E-state index is 13.8. The number of ether oxygens (including phenoxy) is 3. The molecule has 0 aliphatic carbocycles. The zero-order valence-electron chi connectivity index (χ0n) is 37.5. The molecule has 0 spiro atoms. The number of nitrogens with zero attached hydrogens (tertiary/aromatic N) is 5. The number of imidazole rings is 2. The standard InChI is InChI=1S/C49H55N9O7/c1-27(2)41(54-48(61)63-5)45(59)56-20-10-14-37(56)43-50-25-34(52-43)30-17-19-36-32(22-30)23-39-33-18-16-31(24-40(33)65-47(58(36)39)29-12-8-7-9-13-29)35-26-51-44(53-35)38-15-11-21-57(38)46(60)42(28(3)4)55-49(62)64-6/h7-9,12-13,16-19,22-28,37-38,41-42,47H,10-11,14-15,20-21H2,1-6H3,(H,50,52)(H,51,53)(H,54,61)(H,55,62)/t37-,38-,41+,42+,47?/m1/s1. The molecule has 338 valence electrons. The molecule has 4 amide bonds. The minimum atomic E-state index is -0.720. The number of H-pyrrole nitrogens is 2. The molecule has 3 aliphatic rings. The zero-order chi connectivity index (χ0) is 45.5. The van der Waals surface area contributed by atoms with Crippen molar-refractivity contribution in [2.75, 3.05) is 27.3 Å². The van der Waals surface area contributed by atoms with Crippen molar-refractivity contribution in [3.8, 4) is 39.5 Å². The molecule has 3 aliphatic heterocycles. The van der Waals surface area contributed by atoms with E-state index in [0.29, 0.717) is 24.7 Å². The first-order valence-electron chi connectivity index (χ1n) is 22.4. The topological polar surface area (TPSA) is 189 Å². The number of aromatic nitrogens is 5. The summed E-state index contributed by atoms with van der Waals surface area (Å²) in [4.78, 5) is 72.0. The Morgan fingerprint density at radius 3 is 1.78 bits per heavy atom. The van der Waals surface area contributed by atoms with Gasteiger partial charge in [-0.15, -0.1) is 0 Å². The maximum atomic E-state index is 13.8. The minimum Gasteiger partial charge on any atom is -0.465 e. The Balaban J connectivity index is 1.00. The van der Waals surface area contributed by atoms with Crippen molar-refractivity contribution >= 4 is 34.9 Å². The van der Waals surface area contributed by atoms with Crippen LogP contribution < -0.4 is 15.4 Å². The van der Waals surface area contributed by atoms with Gasteiger partial charge in [0.05, 0.1) is 61.3 Å². The van der Waals surface area contributed by atoms with Crippen LogP contribution in [0.3, 0.4) is 0 Å². The number of aromatic amines is 2. The summed E-state index contributed by atoms with van der Waals surface area (Å²) in [7, 11) is 2.58. The summed E-state index contributed by atoms with van der Waals surface area (Å²) in [6.45, 7) is 8.75. The number of rotatable bonds is 11. The fourth-order valence-electron chi connectivity index (χ4n) is 9.56. The normalized spacial score (nSPS) is 18.9. The van der Waals surface area contributed by atoms with Gasteiger partial charge in [-0.2, -0.15) is 0 Å². The molecular formula is C49H55N9O7. The monoisotopic (exact) mass is 881 g/mol. The number of alkyl carbamates (subject to hydrolysis) is 2. The van der Waals surface area contributed by atoms with Crippen molar-refractivity contribution in [2.45, 2.75) is 83.8 Å². The van der Waals surface area contributed by atoms with Gasteiger partial charge in [0.1, 0.15) is 29.5 Å². The first-order chi connectivity index (χ1) is 31.4. The first kappa shape index (κ1) is 43.2. The van der Waals surface area contributed by atoms with Gasteiger partial charge < -0.3 is 49.2 Å². The number of hydrogen-bond donors (Lipinski definition) is 4. The van der Waals surface area contributed by atoms with E-state index in [4.69, 9.17) is 24.2 Å². The molecule has 5 atom stereocenters. The second-order valence-corrected chi connectivity index (χ2v) is 17.7. The van der Waals surface area contributed by atoms with E-state index in [1.165, 1.54) is 14.2 Å². The predicted octanol–water partition coefficient (Wildman–Crippen LogP) is 8.12. The molecule has 2 fully saturated rings. The lowest BCUT2D eigenvalue weighted by atomic mass is 10.0. The van der Waals surface area contributed by atoms with Gasteiger partial charge in [0, 0.05) is 40.7 Å². The van der Waals surface area contributed by atoms with Gasteiger partial charge in [-0.05, 0) is 67.9 Å².